The number of hydrogen-bond donors (Lipinski definition) is 0. The fourth-order valence-corrected chi connectivity index (χ4v) is 3.00. The molecule has 1 aliphatic carbocycles. The lowest BCUT2D eigenvalue weighted by Crippen LogP contribution is -2.24. The van der Waals surface area contributed by atoms with E-state index in [0.29, 0.717) is 6.04 Å². The largest absolute Gasteiger partial charge is 0.364 e. The minimum Gasteiger partial charge on any atom is -0.364 e. The molecule has 1 aliphatic rings. The van der Waals surface area contributed by atoms with E-state index in [4.69, 9.17) is 5.26 Å². The fourth-order valence-electron chi connectivity index (χ4n) is 2.34. The second-order valence-corrected chi connectivity index (χ2v) is 5.84. The predicted octanol–water partition coefficient (Wildman–Crippen LogP) is 3.70. The molecule has 0 atom stereocenters. The smallest absolute Gasteiger partial charge is 0.289 e. The van der Waals surface area contributed by atoms with Crippen LogP contribution in [0.4, 0.5) is 11.4 Å². The van der Waals surface area contributed by atoms with E-state index in [-0.39, 0.29) is 11.3 Å². The van der Waals surface area contributed by atoms with Gasteiger partial charge in [0.25, 0.3) is 5.69 Å². The number of nitro benzene ring substituents is 1. The summed E-state index contributed by atoms with van der Waals surface area (Å²) in [6.07, 6.45) is 2.22. The Hall–Kier alpha value is -2.39. The van der Waals surface area contributed by atoms with Gasteiger partial charge in [-0.2, -0.15) is 16.6 Å². The quantitative estimate of drug-likeness (QED) is 0.623. The van der Waals surface area contributed by atoms with Gasteiger partial charge in [-0.1, -0.05) is 0 Å². The summed E-state index contributed by atoms with van der Waals surface area (Å²) in [6, 6.07) is 9.24. The maximum Gasteiger partial charge on any atom is 0.289 e. The topological polar surface area (TPSA) is 70.2 Å². The summed E-state index contributed by atoms with van der Waals surface area (Å²) >= 11 is 1.65. The standard InChI is InChI=1S/C15H13N3O2S/c16-8-12-1-2-14(7-15(12)18(19)20)17(13-3-4-13)9-11-5-6-21-10-11/h1-2,5-7,10,13H,3-4,9H2. The molecule has 21 heavy (non-hydrogen) atoms. The minimum absolute atomic E-state index is 0.107. The Kier molecular flexibility index (Phi) is 3.59. The average Bonchev–Trinajstić information content (AvgIpc) is 3.20. The number of nitro groups is 1. The molecule has 0 radical (unpaired) electrons. The first-order valence-electron chi connectivity index (χ1n) is 6.65. The maximum absolute atomic E-state index is 11.1. The zero-order valence-electron chi connectivity index (χ0n) is 11.2. The number of rotatable bonds is 5. The van der Waals surface area contributed by atoms with E-state index in [0.717, 1.165) is 25.1 Å². The maximum atomic E-state index is 11.1. The second kappa shape index (κ2) is 5.54. The Morgan fingerprint density at radius 3 is 2.81 bits per heavy atom. The second-order valence-electron chi connectivity index (χ2n) is 5.06. The lowest BCUT2D eigenvalue weighted by molar-refractivity contribution is -0.385. The highest BCUT2D eigenvalue weighted by Gasteiger charge is 2.30. The Balaban J connectivity index is 1.94. The summed E-state index contributed by atoms with van der Waals surface area (Å²) < 4.78 is 0. The van der Waals surface area contributed by atoms with Crippen molar-refractivity contribution in [2.75, 3.05) is 4.90 Å². The summed E-state index contributed by atoms with van der Waals surface area (Å²) in [5.41, 5.74) is 2.01. The zero-order valence-corrected chi connectivity index (χ0v) is 12.0. The van der Waals surface area contributed by atoms with Crippen LogP contribution in [0.25, 0.3) is 0 Å². The number of thiophene rings is 1. The predicted molar refractivity (Wildman–Crippen MR) is 81.3 cm³/mol. The Morgan fingerprint density at radius 1 is 1.43 bits per heavy atom. The fraction of sp³-hybridized carbons (Fsp3) is 0.267. The van der Waals surface area contributed by atoms with Crippen LogP contribution in [0.1, 0.15) is 24.0 Å². The van der Waals surface area contributed by atoms with Gasteiger partial charge >= 0.3 is 0 Å². The summed E-state index contributed by atoms with van der Waals surface area (Å²) in [6.45, 7) is 0.747. The lowest BCUT2D eigenvalue weighted by Gasteiger charge is -2.24. The van der Waals surface area contributed by atoms with Gasteiger partial charge in [0.1, 0.15) is 11.6 Å². The van der Waals surface area contributed by atoms with Crippen LogP contribution >= 0.6 is 11.3 Å². The molecule has 2 aromatic rings. The summed E-state index contributed by atoms with van der Waals surface area (Å²) in [5.74, 6) is 0. The molecule has 0 N–H and O–H groups in total. The molecule has 0 amide bonds. The molecule has 0 bridgehead atoms. The monoisotopic (exact) mass is 299 g/mol. The van der Waals surface area contributed by atoms with Crippen molar-refractivity contribution in [3.05, 3.63) is 56.3 Å². The van der Waals surface area contributed by atoms with Crippen molar-refractivity contribution in [3.63, 3.8) is 0 Å². The van der Waals surface area contributed by atoms with Gasteiger partial charge in [0.2, 0.25) is 0 Å². The molecule has 6 heteroatoms. The van der Waals surface area contributed by atoms with Crippen LogP contribution in [0.3, 0.4) is 0 Å². The molecule has 1 saturated carbocycles. The highest BCUT2D eigenvalue weighted by atomic mass is 32.1. The lowest BCUT2D eigenvalue weighted by atomic mass is 10.1. The van der Waals surface area contributed by atoms with Crippen LogP contribution in [-0.4, -0.2) is 11.0 Å². The van der Waals surface area contributed by atoms with Crippen molar-refractivity contribution in [3.8, 4) is 6.07 Å². The van der Waals surface area contributed by atoms with Crippen LogP contribution in [-0.2, 0) is 6.54 Å². The molecule has 0 aliphatic heterocycles. The summed E-state index contributed by atoms with van der Waals surface area (Å²) in [5, 5.41) is 24.2. The number of nitriles is 1. The van der Waals surface area contributed by atoms with Crippen LogP contribution in [0.2, 0.25) is 0 Å². The number of hydrogen-bond acceptors (Lipinski definition) is 5. The number of benzene rings is 1. The van der Waals surface area contributed by atoms with E-state index in [2.05, 4.69) is 16.3 Å². The SMILES string of the molecule is N#Cc1ccc(N(Cc2ccsc2)C2CC2)cc1[N+](=O)[O-]. The van der Waals surface area contributed by atoms with Gasteiger partial charge in [0.15, 0.2) is 0 Å². The molecule has 0 saturated heterocycles. The van der Waals surface area contributed by atoms with Crippen molar-refractivity contribution in [1.29, 1.82) is 5.26 Å². The molecule has 0 unspecified atom stereocenters. The van der Waals surface area contributed by atoms with Crippen molar-refractivity contribution >= 4 is 22.7 Å². The highest BCUT2D eigenvalue weighted by Crippen LogP contribution is 2.35. The van der Waals surface area contributed by atoms with Gasteiger partial charge in [-0.25, -0.2) is 0 Å². The van der Waals surface area contributed by atoms with E-state index >= 15 is 0 Å². The Bertz CT molecular complexity index is 702. The number of nitrogens with zero attached hydrogens (tertiary/aromatic N) is 3. The molecule has 3 rings (SSSR count). The third-order valence-electron chi connectivity index (χ3n) is 3.55. The van der Waals surface area contributed by atoms with E-state index in [9.17, 15) is 10.1 Å². The van der Waals surface area contributed by atoms with Crippen molar-refractivity contribution in [2.24, 2.45) is 0 Å². The summed E-state index contributed by atoms with van der Waals surface area (Å²) in [4.78, 5) is 12.8. The normalized spacial score (nSPS) is 13.7. The van der Waals surface area contributed by atoms with E-state index in [1.54, 1.807) is 17.4 Å². The molecule has 1 fully saturated rings. The van der Waals surface area contributed by atoms with Crippen molar-refractivity contribution in [2.45, 2.75) is 25.4 Å². The first-order chi connectivity index (χ1) is 10.2. The van der Waals surface area contributed by atoms with E-state index in [1.807, 2.05) is 11.4 Å². The molecule has 106 valence electrons. The molecule has 0 spiro atoms. The zero-order chi connectivity index (χ0) is 14.8. The highest BCUT2D eigenvalue weighted by molar-refractivity contribution is 7.07. The first kappa shape index (κ1) is 13.6. The minimum atomic E-state index is -0.488. The molecular formula is C15H13N3O2S. The molecule has 1 aromatic heterocycles. The van der Waals surface area contributed by atoms with Crippen LogP contribution < -0.4 is 4.90 Å². The summed E-state index contributed by atoms with van der Waals surface area (Å²) in [7, 11) is 0. The van der Waals surface area contributed by atoms with Gasteiger partial charge in [-0.3, -0.25) is 10.1 Å². The van der Waals surface area contributed by atoms with Gasteiger partial charge in [0, 0.05) is 24.3 Å². The van der Waals surface area contributed by atoms with Crippen molar-refractivity contribution < 1.29 is 4.92 Å². The first-order valence-corrected chi connectivity index (χ1v) is 7.59. The van der Waals surface area contributed by atoms with Crippen molar-refractivity contribution in [1.82, 2.24) is 0 Å². The van der Waals surface area contributed by atoms with E-state index < -0.39 is 4.92 Å². The Morgan fingerprint density at radius 2 is 2.24 bits per heavy atom. The Labute approximate surface area is 126 Å². The van der Waals surface area contributed by atoms with Gasteiger partial charge in [-0.05, 0) is 47.4 Å². The third kappa shape index (κ3) is 2.88. The van der Waals surface area contributed by atoms with Crippen LogP contribution in [0, 0.1) is 21.4 Å². The molecule has 5 nitrogen and oxygen atoms in total. The van der Waals surface area contributed by atoms with Crippen LogP contribution in [0.5, 0.6) is 0 Å². The molecule has 1 heterocycles. The van der Waals surface area contributed by atoms with E-state index in [1.165, 1.54) is 17.7 Å². The third-order valence-corrected chi connectivity index (χ3v) is 4.28. The van der Waals surface area contributed by atoms with Gasteiger partial charge < -0.3 is 4.90 Å². The van der Waals surface area contributed by atoms with Gasteiger partial charge in [0.05, 0.1) is 4.92 Å². The van der Waals surface area contributed by atoms with Gasteiger partial charge in [-0.15, -0.1) is 0 Å². The van der Waals surface area contributed by atoms with Crippen LogP contribution in [0.15, 0.2) is 35.0 Å². The average molecular weight is 299 g/mol. The number of anilines is 1. The molecule has 1 aromatic carbocycles. The molecular weight excluding hydrogens is 286 g/mol.